The summed E-state index contributed by atoms with van der Waals surface area (Å²) in [6.45, 7) is 10.9. The summed E-state index contributed by atoms with van der Waals surface area (Å²) in [7, 11) is 4.41. The van der Waals surface area contributed by atoms with E-state index in [1.807, 2.05) is 13.8 Å². The molecule has 0 fully saturated rings. The van der Waals surface area contributed by atoms with E-state index in [0.717, 1.165) is 12.0 Å². The fraction of sp³-hybridized carbons (Fsp3) is 1.00. The molecule has 0 heterocycles. The van der Waals surface area contributed by atoms with Gasteiger partial charge in [0, 0.05) is 6.04 Å². The fourth-order valence-electron chi connectivity index (χ4n) is 2.04. The third-order valence-corrected chi connectivity index (χ3v) is 2.84. The highest BCUT2D eigenvalue weighted by Gasteiger charge is 2.18. The van der Waals surface area contributed by atoms with E-state index < -0.39 is 0 Å². The highest BCUT2D eigenvalue weighted by molar-refractivity contribution is 4.73. The number of nitrogens with zero attached hydrogens (tertiary/aromatic N) is 1. The molecule has 0 aliphatic rings. The largest absolute Gasteiger partial charge is 0.306 e. The molecule has 0 aliphatic heterocycles. The molecule has 1 atom stereocenters. The van der Waals surface area contributed by atoms with Gasteiger partial charge in [-0.2, -0.15) is 0 Å². The van der Waals surface area contributed by atoms with Crippen molar-refractivity contribution in [3.05, 3.63) is 0 Å². The molecule has 0 saturated carbocycles. The first-order chi connectivity index (χ1) is 6.67. The molecule has 0 saturated heterocycles. The van der Waals surface area contributed by atoms with Crippen LogP contribution >= 0.6 is 0 Å². The number of hydrogen-bond donors (Lipinski definition) is 0. The predicted octanol–water partition coefficient (Wildman–Crippen LogP) is 4.18. The van der Waals surface area contributed by atoms with Crippen molar-refractivity contribution >= 4 is 0 Å². The molecule has 0 aromatic heterocycles. The van der Waals surface area contributed by atoms with Gasteiger partial charge in [-0.25, -0.2) is 0 Å². The Balaban J connectivity index is 0. The van der Waals surface area contributed by atoms with Crippen molar-refractivity contribution in [2.24, 2.45) is 5.92 Å². The minimum Gasteiger partial charge on any atom is -0.306 e. The lowest BCUT2D eigenvalue weighted by molar-refractivity contribution is 0.187. The molecule has 14 heavy (non-hydrogen) atoms. The Morgan fingerprint density at radius 2 is 1.36 bits per heavy atom. The van der Waals surface area contributed by atoms with Crippen LogP contribution in [0.15, 0.2) is 0 Å². The van der Waals surface area contributed by atoms with Crippen LogP contribution in [0.25, 0.3) is 0 Å². The van der Waals surface area contributed by atoms with Crippen LogP contribution in [0.1, 0.15) is 60.3 Å². The Labute approximate surface area is 91.9 Å². The first-order valence-electron chi connectivity index (χ1n) is 6.33. The molecule has 0 radical (unpaired) electrons. The second kappa shape index (κ2) is 11.0. The normalized spacial score (nSPS) is 12.6. The van der Waals surface area contributed by atoms with E-state index in [1.165, 1.54) is 25.7 Å². The average Bonchev–Trinajstić information content (AvgIpc) is 2.21. The summed E-state index contributed by atoms with van der Waals surface area (Å²) in [6.07, 6.45) is 5.29. The van der Waals surface area contributed by atoms with Gasteiger partial charge in [0.05, 0.1) is 0 Å². The van der Waals surface area contributed by atoms with Crippen molar-refractivity contribution in [1.29, 1.82) is 0 Å². The number of hydrogen-bond acceptors (Lipinski definition) is 1. The maximum absolute atomic E-state index is 2.39. The van der Waals surface area contributed by atoms with Gasteiger partial charge in [0.15, 0.2) is 0 Å². The first-order valence-corrected chi connectivity index (χ1v) is 6.33. The summed E-state index contributed by atoms with van der Waals surface area (Å²) >= 11 is 0. The second-order valence-corrected chi connectivity index (χ2v) is 3.90. The van der Waals surface area contributed by atoms with Gasteiger partial charge in [0.25, 0.3) is 0 Å². The second-order valence-electron chi connectivity index (χ2n) is 3.90. The molecule has 0 amide bonds. The Morgan fingerprint density at radius 1 is 0.929 bits per heavy atom. The molecule has 0 bridgehead atoms. The quantitative estimate of drug-likeness (QED) is 0.623. The van der Waals surface area contributed by atoms with Crippen LogP contribution in [-0.2, 0) is 0 Å². The third kappa shape index (κ3) is 6.42. The molecule has 0 N–H and O–H groups in total. The zero-order valence-corrected chi connectivity index (χ0v) is 11.4. The van der Waals surface area contributed by atoms with E-state index in [4.69, 9.17) is 0 Å². The van der Waals surface area contributed by atoms with Gasteiger partial charge in [-0.05, 0) is 26.4 Å². The van der Waals surface area contributed by atoms with E-state index in [1.54, 1.807) is 0 Å². The monoisotopic (exact) mass is 201 g/mol. The van der Waals surface area contributed by atoms with Crippen LogP contribution in [-0.4, -0.2) is 25.0 Å². The Kier molecular flexibility index (Phi) is 12.9. The van der Waals surface area contributed by atoms with Gasteiger partial charge in [-0.3, -0.25) is 0 Å². The van der Waals surface area contributed by atoms with Crippen molar-refractivity contribution in [3.63, 3.8) is 0 Å². The smallest absolute Gasteiger partial charge is 0.0117 e. The van der Waals surface area contributed by atoms with Gasteiger partial charge < -0.3 is 4.90 Å². The molecule has 1 heteroatoms. The SMILES string of the molecule is CC.CCCC(C(CC)CC)N(C)C. The molecule has 88 valence electrons. The molecule has 0 aromatic carbocycles. The molecule has 0 spiro atoms. The molecule has 1 nitrogen and oxygen atoms in total. The van der Waals surface area contributed by atoms with Crippen LogP contribution < -0.4 is 0 Å². The average molecular weight is 201 g/mol. The predicted molar refractivity (Wildman–Crippen MR) is 67.8 cm³/mol. The van der Waals surface area contributed by atoms with Crippen molar-refractivity contribution in [3.8, 4) is 0 Å². The summed E-state index contributed by atoms with van der Waals surface area (Å²) in [4.78, 5) is 2.39. The zero-order chi connectivity index (χ0) is 11.6. The summed E-state index contributed by atoms with van der Waals surface area (Å²) in [6, 6.07) is 0.796. The van der Waals surface area contributed by atoms with Gasteiger partial charge in [0.2, 0.25) is 0 Å². The highest BCUT2D eigenvalue weighted by atomic mass is 15.1. The van der Waals surface area contributed by atoms with Crippen LogP contribution in [0.3, 0.4) is 0 Å². The van der Waals surface area contributed by atoms with Crippen LogP contribution in [0.5, 0.6) is 0 Å². The molecular formula is C13H31N. The molecular weight excluding hydrogens is 170 g/mol. The summed E-state index contributed by atoms with van der Waals surface area (Å²) in [5.74, 6) is 0.889. The summed E-state index contributed by atoms with van der Waals surface area (Å²) in [5.41, 5.74) is 0. The summed E-state index contributed by atoms with van der Waals surface area (Å²) in [5, 5.41) is 0. The van der Waals surface area contributed by atoms with Gasteiger partial charge in [-0.15, -0.1) is 0 Å². The lowest BCUT2D eigenvalue weighted by Crippen LogP contribution is -2.34. The minimum absolute atomic E-state index is 0.796. The highest BCUT2D eigenvalue weighted by Crippen LogP contribution is 2.20. The lowest BCUT2D eigenvalue weighted by atomic mass is 9.90. The van der Waals surface area contributed by atoms with Crippen LogP contribution in [0.4, 0.5) is 0 Å². The Morgan fingerprint density at radius 3 is 1.57 bits per heavy atom. The third-order valence-electron chi connectivity index (χ3n) is 2.84. The van der Waals surface area contributed by atoms with Crippen LogP contribution in [0.2, 0.25) is 0 Å². The molecule has 0 aromatic rings. The van der Waals surface area contributed by atoms with E-state index >= 15 is 0 Å². The van der Waals surface area contributed by atoms with Gasteiger partial charge >= 0.3 is 0 Å². The summed E-state index contributed by atoms with van der Waals surface area (Å²) < 4.78 is 0. The minimum atomic E-state index is 0.796. The fourth-order valence-corrected chi connectivity index (χ4v) is 2.04. The van der Waals surface area contributed by atoms with Crippen LogP contribution in [0, 0.1) is 5.92 Å². The van der Waals surface area contributed by atoms with Crippen molar-refractivity contribution in [2.45, 2.75) is 66.3 Å². The van der Waals surface area contributed by atoms with E-state index in [2.05, 4.69) is 39.8 Å². The van der Waals surface area contributed by atoms with E-state index in [0.29, 0.717) is 0 Å². The van der Waals surface area contributed by atoms with Gasteiger partial charge in [-0.1, -0.05) is 53.9 Å². The standard InChI is InChI=1S/C11H25N.C2H6/c1-6-9-11(12(4)5)10(7-2)8-3;1-2/h10-11H,6-9H2,1-5H3;1-2H3. The van der Waals surface area contributed by atoms with Gasteiger partial charge in [0.1, 0.15) is 0 Å². The molecule has 0 aliphatic carbocycles. The topological polar surface area (TPSA) is 3.24 Å². The van der Waals surface area contributed by atoms with E-state index in [-0.39, 0.29) is 0 Å². The lowest BCUT2D eigenvalue weighted by Gasteiger charge is -2.31. The molecule has 1 unspecified atom stereocenters. The maximum atomic E-state index is 2.39. The zero-order valence-electron chi connectivity index (χ0n) is 11.4. The van der Waals surface area contributed by atoms with Crippen molar-refractivity contribution in [1.82, 2.24) is 4.90 Å². The van der Waals surface area contributed by atoms with E-state index in [9.17, 15) is 0 Å². The maximum Gasteiger partial charge on any atom is 0.0117 e. The molecule has 0 rings (SSSR count). The Hall–Kier alpha value is -0.0400. The first kappa shape index (κ1) is 16.4. The van der Waals surface area contributed by atoms with Crippen molar-refractivity contribution < 1.29 is 0 Å². The Bertz CT molecular complexity index is 95.4. The van der Waals surface area contributed by atoms with Crippen molar-refractivity contribution in [2.75, 3.05) is 14.1 Å². The number of rotatable bonds is 6.